The lowest BCUT2D eigenvalue weighted by Crippen LogP contribution is -1.94. The number of carboxylic acids is 1. The van der Waals surface area contributed by atoms with Gasteiger partial charge in [0.2, 0.25) is 0 Å². The van der Waals surface area contributed by atoms with Crippen molar-refractivity contribution in [3.05, 3.63) is 35.8 Å². The number of pyridine rings is 1. The molecule has 0 atom stereocenters. The molecule has 0 bridgehead atoms. The van der Waals surface area contributed by atoms with E-state index < -0.39 is 5.97 Å². The Morgan fingerprint density at radius 2 is 2.33 bits per heavy atom. The number of nitrogens with zero attached hydrogens (tertiary/aromatic N) is 2. The molecule has 2 aromatic rings. The Morgan fingerprint density at radius 1 is 1.53 bits per heavy atom. The van der Waals surface area contributed by atoms with Crippen molar-refractivity contribution < 1.29 is 14.4 Å². The van der Waals surface area contributed by atoms with Crippen LogP contribution in [0, 0.1) is 6.92 Å². The number of hydrogen-bond acceptors (Lipinski definition) is 4. The Labute approximate surface area is 85.4 Å². The molecular formula is C10H8N2O3. The number of aryl methyl sites for hydroxylation is 1. The summed E-state index contributed by atoms with van der Waals surface area (Å²) >= 11 is 0. The minimum atomic E-state index is -1.11. The number of rotatable bonds is 2. The Kier molecular flexibility index (Phi) is 2.21. The number of carboxylic acid groups (broad SMARTS) is 1. The summed E-state index contributed by atoms with van der Waals surface area (Å²) in [6.07, 6.45) is 3.27. The van der Waals surface area contributed by atoms with Gasteiger partial charge in [-0.25, -0.2) is 4.79 Å². The first-order valence-electron chi connectivity index (χ1n) is 4.29. The summed E-state index contributed by atoms with van der Waals surface area (Å²) in [5.74, 6) is -0.690. The lowest BCUT2D eigenvalue weighted by atomic mass is 10.1. The van der Waals surface area contributed by atoms with Crippen LogP contribution in [0.2, 0.25) is 0 Å². The molecule has 0 unspecified atom stereocenters. The van der Waals surface area contributed by atoms with Gasteiger partial charge in [-0.3, -0.25) is 4.98 Å². The average Bonchev–Trinajstić information content (AvgIpc) is 2.67. The predicted octanol–water partition coefficient (Wildman–Crippen LogP) is 1.74. The van der Waals surface area contributed by atoms with Crippen molar-refractivity contribution in [2.75, 3.05) is 0 Å². The standard InChI is InChI=1S/C10H8N2O3/c1-6-2-3-11-5-7(6)9-4-8(10(13)14)12-15-9/h2-5H,1H3,(H,13,14). The van der Waals surface area contributed by atoms with Gasteiger partial charge in [0.25, 0.3) is 0 Å². The maximum Gasteiger partial charge on any atom is 0.358 e. The van der Waals surface area contributed by atoms with Gasteiger partial charge in [-0.15, -0.1) is 0 Å². The van der Waals surface area contributed by atoms with Gasteiger partial charge in [0, 0.05) is 24.0 Å². The second-order valence-corrected chi connectivity index (χ2v) is 3.07. The van der Waals surface area contributed by atoms with Gasteiger partial charge in [0.15, 0.2) is 11.5 Å². The molecule has 0 saturated carbocycles. The van der Waals surface area contributed by atoms with Crippen molar-refractivity contribution in [2.45, 2.75) is 6.92 Å². The predicted molar refractivity (Wildman–Crippen MR) is 51.4 cm³/mol. The molecule has 0 aliphatic carbocycles. The van der Waals surface area contributed by atoms with E-state index >= 15 is 0 Å². The third kappa shape index (κ3) is 1.71. The third-order valence-corrected chi connectivity index (χ3v) is 2.03. The highest BCUT2D eigenvalue weighted by molar-refractivity contribution is 5.86. The van der Waals surface area contributed by atoms with Crippen LogP contribution in [-0.4, -0.2) is 21.2 Å². The molecule has 0 radical (unpaired) electrons. The van der Waals surface area contributed by atoms with Crippen LogP contribution in [0.15, 0.2) is 29.0 Å². The van der Waals surface area contributed by atoms with E-state index in [0.29, 0.717) is 5.76 Å². The molecule has 5 heteroatoms. The molecule has 2 heterocycles. The van der Waals surface area contributed by atoms with Crippen LogP contribution in [0.4, 0.5) is 0 Å². The fourth-order valence-electron chi connectivity index (χ4n) is 1.22. The normalized spacial score (nSPS) is 10.2. The third-order valence-electron chi connectivity index (χ3n) is 2.03. The van der Waals surface area contributed by atoms with E-state index in [4.69, 9.17) is 9.63 Å². The molecule has 2 aromatic heterocycles. The summed E-state index contributed by atoms with van der Waals surface area (Å²) in [6, 6.07) is 3.20. The van der Waals surface area contributed by atoms with Crippen LogP contribution < -0.4 is 0 Å². The van der Waals surface area contributed by atoms with E-state index in [0.717, 1.165) is 11.1 Å². The average molecular weight is 204 g/mol. The zero-order chi connectivity index (χ0) is 10.8. The molecule has 0 aromatic carbocycles. The van der Waals surface area contributed by atoms with Crippen molar-refractivity contribution in [1.29, 1.82) is 0 Å². The lowest BCUT2D eigenvalue weighted by Gasteiger charge is -1.97. The molecule has 15 heavy (non-hydrogen) atoms. The maximum absolute atomic E-state index is 10.6. The quantitative estimate of drug-likeness (QED) is 0.806. The molecule has 1 N–H and O–H groups in total. The number of hydrogen-bond donors (Lipinski definition) is 1. The molecule has 0 saturated heterocycles. The van der Waals surface area contributed by atoms with E-state index in [1.807, 2.05) is 13.0 Å². The van der Waals surface area contributed by atoms with E-state index in [1.54, 1.807) is 12.4 Å². The molecule has 0 amide bonds. The second-order valence-electron chi connectivity index (χ2n) is 3.07. The molecule has 5 nitrogen and oxygen atoms in total. The second kappa shape index (κ2) is 3.53. The molecule has 0 aliphatic heterocycles. The van der Waals surface area contributed by atoms with Gasteiger partial charge in [-0.05, 0) is 18.6 Å². The zero-order valence-electron chi connectivity index (χ0n) is 7.97. The van der Waals surface area contributed by atoms with Gasteiger partial charge in [0.1, 0.15) is 0 Å². The Balaban J connectivity index is 2.46. The van der Waals surface area contributed by atoms with Gasteiger partial charge < -0.3 is 9.63 Å². The summed E-state index contributed by atoms with van der Waals surface area (Å²) < 4.78 is 4.92. The lowest BCUT2D eigenvalue weighted by molar-refractivity contribution is 0.0686. The van der Waals surface area contributed by atoms with Crippen LogP contribution in [0.5, 0.6) is 0 Å². The summed E-state index contributed by atoms with van der Waals surface area (Å²) in [7, 11) is 0. The molecule has 0 fully saturated rings. The molecule has 0 aliphatic rings. The fraction of sp³-hybridized carbons (Fsp3) is 0.100. The first-order chi connectivity index (χ1) is 7.18. The van der Waals surface area contributed by atoms with Gasteiger partial charge in [-0.2, -0.15) is 0 Å². The van der Waals surface area contributed by atoms with E-state index in [-0.39, 0.29) is 5.69 Å². The van der Waals surface area contributed by atoms with Crippen molar-refractivity contribution >= 4 is 5.97 Å². The van der Waals surface area contributed by atoms with E-state index in [2.05, 4.69) is 10.1 Å². The van der Waals surface area contributed by atoms with Crippen LogP contribution in [0.1, 0.15) is 16.1 Å². The van der Waals surface area contributed by atoms with Crippen LogP contribution in [0.3, 0.4) is 0 Å². The minimum absolute atomic E-state index is 0.103. The summed E-state index contributed by atoms with van der Waals surface area (Å²) in [5, 5.41) is 12.1. The highest BCUT2D eigenvalue weighted by Crippen LogP contribution is 2.22. The molecule has 2 rings (SSSR count). The maximum atomic E-state index is 10.6. The van der Waals surface area contributed by atoms with E-state index in [1.165, 1.54) is 6.07 Å². The SMILES string of the molecule is Cc1ccncc1-c1cc(C(=O)O)no1. The minimum Gasteiger partial charge on any atom is -0.476 e. The van der Waals surface area contributed by atoms with Crippen LogP contribution in [-0.2, 0) is 0 Å². The first kappa shape index (κ1) is 9.39. The Hall–Kier alpha value is -2.17. The summed E-state index contributed by atoms with van der Waals surface area (Å²) in [6.45, 7) is 1.89. The monoisotopic (exact) mass is 204 g/mol. The van der Waals surface area contributed by atoms with Crippen molar-refractivity contribution in [3.8, 4) is 11.3 Å². The summed E-state index contributed by atoms with van der Waals surface area (Å²) in [4.78, 5) is 14.5. The highest BCUT2D eigenvalue weighted by Gasteiger charge is 2.13. The molecular weight excluding hydrogens is 196 g/mol. The van der Waals surface area contributed by atoms with Gasteiger partial charge in [-0.1, -0.05) is 5.16 Å². The molecule has 0 spiro atoms. The Bertz CT molecular complexity index is 505. The molecule has 76 valence electrons. The smallest absolute Gasteiger partial charge is 0.358 e. The van der Waals surface area contributed by atoms with E-state index in [9.17, 15) is 4.79 Å². The van der Waals surface area contributed by atoms with Crippen LogP contribution in [0.25, 0.3) is 11.3 Å². The van der Waals surface area contributed by atoms with Crippen molar-refractivity contribution in [2.24, 2.45) is 0 Å². The number of aromatic carboxylic acids is 1. The largest absolute Gasteiger partial charge is 0.476 e. The zero-order valence-corrected chi connectivity index (χ0v) is 7.97. The summed E-state index contributed by atoms with van der Waals surface area (Å²) in [5.41, 5.74) is 1.60. The fourth-order valence-corrected chi connectivity index (χ4v) is 1.22. The highest BCUT2D eigenvalue weighted by atomic mass is 16.5. The first-order valence-corrected chi connectivity index (χ1v) is 4.29. The van der Waals surface area contributed by atoms with Gasteiger partial charge in [0.05, 0.1) is 0 Å². The van der Waals surface area contributed by atoms with Gasteiger partial charge >= 0.3 is 5.97 Å². The van der Waals surface area contributed by atoms with Crippen molar-refractivity contribution in [1.82, 2.24) is 10.1 Å². The number of carbonyl (C=O) groups is 1. The van der Waals surface area contributed by atoms with Crippen LogP contribution >= 0.6 is 0 Å². The van der Waals surface area contributed by atoms with Crippen molar-refractivity contribution in [3.63, 3.8) is 0 Å². The topological polar surface area (TPSA) is 76.2 Å². The Morgan fingerprint density at radius 3 is 2.93 bits per heavy atom. The number of aromatic nitrogens is 2.